The van der Waals surface area contributed by atoms with Crippen molar-refractivity contribution < 1.29 is 4.84 Å². The highest BCUT2D eigenvalue weighted by Crippen LogP contribution is 2.23. The lowest BCUT2D eigenvalue weighted by molar-refractivity contribution is 0.214. The van der Waals surface area contributed by atoms with Crippen LogP contribution in [0.15, 0.2) is 40.9 Å². The lowest BCUT2D eigenvalue weighted by atomic mass is 9.98. The van der Waals surface area contributed by atoms with Gasteiger partial charge in [0.25, 0.3) is 0 Å². The van der Waals surface area contributed by atoms with Crippen molar-refractivity contribution in [2.24, 2.45) is 5.16 Å². The summed E-state index contributed by atoms with van der Waals surface area (Å²) < 4.78 is 0. The van der Waals surface area contributed by atoms with Crippen LogP contribution in [0.1, 0.15) is 0 Å². The van der Waals surface area contributed by atoms with Crippen molar-refractivity contribution in [1.82, 2.24) is 4.90 Å². The minimum atomic E-state index is 0.348. The van der Waals surface area contributed by atoms with Crippen LogP contribution in [0.4, 0.5) is 0 Å². The molecule has 0 aromatic carbocycles. The molecule has 0 saturated carbocycles. The maximum absolute atomic E-state index is 8.88. The second kappa shape index (κ2) is 3.38. The molecular formula is C10H9N3O. The average Bonchev–Trinajstić information content (AvgIpc) is 2.27. The van der Waals surface area contributed by atoms with Crippen LogP contribution in [-0.2, 0) is 4.84 Å². The van der Waals surface area contributed by atoms with E-state index in [-0.39, 0.29) is 0 Å². The van der Waals surface area contributed by atoms with E-state index >= 15 is 0 Å². The Labute approximate surface area is 82.1 Å². The first-order valence-electron chi connectivity index (χ1n) is 4.22. The summed E-state index contributed by atoms with van der Waals surface area (Å²) in [5.74, 6) is 0. The van der Waals surface area contributed by atoms with Gasteiger partial charge in [0.15, 0.2) is 5.71 Å². The summed E-state index contributed by atoms with van der Waals surface area (Å²) in [6, 6.07) is 2.03. The van der Waals surface area contributed by atoms with Crippen molar-refractivity contribution in [3.63, 3.8) is 0 Å². The first kappa shape index (κ1) is 8.57. The number of hydrogen-bond acceptors (Lipinski definition) is 4. The van der Waals surface area contributed by atoms with Gasteiger partial charge in [0.1, 0.15) is 13.2 Å². The van der Waals surface area contributed by atoms with Crippen LogP contribution in [-0.4, -0.2) is 24.3 Å². The predicted octanol–water partition coefficient (Wildman–Crippen LogP) is 1.17. The Morgan fingerprint density at radius 3 is 2.71 bits per heavy atom. The molecule has 4 nitrogen and oxygen atoms in total. The molecule has 3 rings (SSSR count). The van der Waals surface area contributed by atoms with E-state index in [2.05, 4.69) is 9.99 Å². The number of hydrogen-bond donors (Lipinski definition) is 0. The van der Waals surface area contributed by atoms with Crippen LogP contribution >= 0.6 is 0 Å². The normalized spacial score (nSPS) is 18.9. The topological polar surface area (TPSA) is 48.6 Å². The maximum Gasteiger partial charge on any atom is 0.185 e. The molecular weight excluding hydrogens is 178 g/mol. The molecule has 0 fully saturated rings. The molecule has 0 aliphatic carbocycles. The Morgan fingerprint density at radius 2 is 2.29 bits per heavy atom. The largest absolute Gasteiger partial charge is 0.398 e. The first-order chi connectivity index (χ1) is 6.85. The fourth-order valence-corrected chi connectivity index (χ4v) is 1.48. The molecule has 14 heavy (non-hydrogen) atoms. The number of nitriles is 1. The van der Waals surface area contributed by atoms with Crippen LogP contribution in [0.3, 0.4) is 0 Å². The fourth-order valence-electron chi connectivity index (χ4n) is 1.48. The Morgan fingerprint density at radius 1 is 1.57 bits per heavy atom. The van der Waals surface area contributed by atoms with Crippen molar-refractivity contribution in [3.05, 3.63) is 35.7 Å². The lowest BCUT2D eigenvalue weighted by Gasteiger charge is -2.26. The van der Waals surface area contributed by atoms with Gasteiger partial charge >= 0.3 is 0 Å². The number of oxime groups is 1. The van der Waals surface area contributed by atoms with Gasteiger partial charge in [-0.15, -0.1) is 0 Å². The Balaban J connectivity index is 2.40. The van der Waals surface area contributed by atoms with E-state index in [1.807, 2.05) is 35.5 Å². The van der Waals surface area contributed by atoms with Gasteiger partial charge < -0.3 is 9.74 Å². The molecule has 0 aromatic rings. The van der Waals surface area contributed by atoms with Gasteiger partial charge in [0, 0.05) is 18.0 Å². The first-order valence-corrected chi connectivity index (χ1v) is 4.22. The van der Waals surface area contributed by atoms with E-state index in [9.17, 15) is 0 Å². The minimum Gasteiger partial charge on any atom is -0.398 e. The highest BCUT2D eigenvalue weighted by molar-refractivity contribution is 6.12. The molecule has 0 saturated heterocycles. The third kappa shape index (κ3) is 1.29. The molecule has 0 amide bonds. The Kier molecular flexibility index (Phi) is 2.07. The van der Waals surface area contributed by atoms with Gasteiger partial charge in [-0.05, 0) is 17.7 Å². The van der Waals surface area contributed by atoms with Crippen molar-refractivity contribution >= 4 is 5.71 Å². The van der Waals surface area contributed by atoms with Crippen molar-refractivity contribution in [2.75, 3.05) is 13.7 Å². The minimum absolute atomic E-state index is 0.348. The second-order valence-electron chi connectivity index (χ2n) is 2.97. The molecule has 0 spiro atoms. The monoisotopic (exact) mass is 187 g/mol. The van der Waals surface area contributed by atoms with E-state index in [0.717, 1.165) is 11.1 Å². The third-order valence-corrected chi connectivity index (χ3v) is 2.15. The SMILES string of the molecule is CON=C(C#N)C1=C2C=CN(C=C2)C1. The van der Waals surface area contributed by atoms with E-state index < -0.39 is 0 Å². The zero-order valence-corrected chi connectivity index (χ0v) is 7.77. The Hall–Kier alpha value is -2.02. The van der Waals surface area contributed by atoms with Gasteiger partial charge in [-0.2, -0.15) is 5.26 Å². The van der Waals surface area contributed by atoms with E-state index in [4.69, 9.17) is 5.26 Å². The molecule has 3 aliphatic heterocycles. The highest BCUT2D eigenvalue weighted by Gasteiger charge is 2.19. The zero-order chi connectivity index (χ0) is 9.97. The average molecular weight is 187 g/mol. The Bertz CT molecular complexity index is 394. The van der Waals surface area contributed by atoms with Crippen molar-refractivity contribution in [1.29, 1.82) is 5.26 Å². The summed E-state index contributed by atoms with van der Waals surface area (Å²) in [5, 5.41) is 12.6. The molecule has 3 aliphatic rings. The van der Waals surface area contributed by atoms with E-state index in [1.165, 1.54) is 7.11 Å². The van der Waals surface area contributed by atoms with Gasteiger partial charge in [0.05, 0.1) is 6.54 Å². The van der Waals surface area contributed by atoms with Crippen LogP contribution in [0.25, 0.3) is 0 Å². The zero-order valence-electron chi connectivity index (χ0n) is 7.77. The molecule has 4 heteroatoms. The summed E-state index contributed by atoms with van der Waals surface area (Å²) >= 11 is 0. The molecule has 2 bridgehead atoms. The highest BCUT2D eigenvalue weighted by atomic mass is 16.6. The van der Waals surface area contributed by atoms with Crippen molar-refractivity contribution in [2.45, 2.75) is 0 Å². The molecule has 0 aromatic heterocycles. The summed E-state index contributed by atoms with van der Waals surface area (Å²) in [6.45, 7) is 0.693. The van der Waals surface area contributed by atoms with Gasteiger partial charge in [0.2, 0.25) is 0 Å². The smallest absolute Gasteiger partial charge is 0.185 e. The van der Waals surface area contributed by atoms with Crippen LogP contribution < -0.4 is 0 Å². The number of allylic oxidation sites excluding steroid dienone is 3. The number of nitrogens with zero attached hydrogens (tertiary/aromatic N) is 3. The third-order valence-electron chi connectivity index (χ3n) is 2.15. The van der Waals surface area contributed by atoms with E-state index in [1.54, 1.807) is 0 Å². The number of fused-ring (bicyclic) bond motifs is 1. The van der Waals surface area contributed by atoms with Gasteiger partial charge in [-0.25, -0.2) is 0 Å². The summed E-state index contributed by atoms with van der Waals surface area (Å²) in [4.78, 5) is 6.61. The number of rotatable bonds is 2. The molecule has 3 heterocycles. The molecule has 0 unspecified atom stereocenters. The molecule has 0 N–H and O–H groups in total. The van der Waals surface area contributed by atoms with Crippen molar-refractivity contribution in [3.8, 4) is 6.07 Å². The summed E-state index contributed by atoms with van der Waals surface area (Å²) in [6.07, 6.45) is 7.87. The van der Waals surface area contributed by atoms with Gasteiger partial charge in [-0.1, -0.05) is 5.16 Å². The second-order valence-corrected chi connectivity index (χ2v) is 2.97. The van der Waals surface area contributed by atoms with Gasteiger partial charge in [-0.3, -0.25) is 0 Å². The standard InChI is InChI=1S/C10H9N3O/c1-14-12-10(6-11)9-7-13-4-2-8(9)3-5-13/h2-5H,7H2,1H3. The maximum atomic E-state index is 8.88. The summed E-state index contributed by atoms with van der Waals surface area (Å²) in [7, 11) is 1.44. The fraction of sp³-hybridized carbons (Fsp3) is 0.200. The summed E-state index contributed by atoms with van der Waals surface area (Å²) in [5.41, 5.74) is 2.30. The quantitative estimate of drug-likeness (QED) is 0.481. The van der Waals surface area contributed by atoms with Crippen LogP contribution in [0.5, 0.6) is 0 Å². The van der Waals surface area contributed by atoms with Crippen LogP contribution in [0.2, 0.25) is 0 Å². The van der Waals surface area contributed by atoms with E-state index in [0.29, 0.717) is 12.3 Å². The van der Waals surface area contributed by atoms with Crippen LogP contribution in [0, 0.1) is 11.3 Å². The molecule has 70 valence electrons. The molecule has 0 atom stereocenters. The molecule has 0 radical (unpaired) electrons. The lowest BCUT2D eigenvalue weighted by Crippen LogP contribution is -2.25. The predicted molar refractivity (Wildman–Crippen MR) is 52.1 cm³/mol.